The van der Waals surface area contributed by atoms with Crippen LogP contribution in [0.25, 0.3) is 0 Å². The Hall–Kier alpha value is -1.30. The fourth-order valence-electron chi connectivity index (χ4n) is 3.28. The van der Waals surface area contributed by atoms with Gasteiger partial charge in [0.25, 0.3) is 0 Å². The molecule has 2 fully saturated rings. The number of nitrogens with one attached hydrogen (secondary N) is 2. The van der Waals surface area contributed by atoms with Crippen LogP contribution >= 0.6 is 0 Å². The number of nitrogen functional groups attached to an aromatic ring is 1. The van der Waals surface area contributed by atoms with E-state index in [9.17, 15) is 0 Å². The highest BCUT2D eigenvalue weighted by molar-refractivity contribution is 5.29. The Balaban J connectivity index is 1.54. The van der Waals surface area contributed by atoms with Crippen LogP contribution in [0.3, 0.4) is 0 Å². The number of rotatable bonds is 3. The quantitative estimate of drug-likeness (QED) is 0.718. The fraction of sp³-hybridized carbons (Fsp3) is 0.818. The summed E-state index contributed by atoms with van der Waals surface area (Å²) in [5.41, 5.74) is 5.48. The Labute approximate surface area is 101 Å². The molecule has 2 bridgehead atoms. The maximum atomic E-state index is 5.48. The molecule has 2 aliphatic heterocycles. The fourth-order valence-corrected chi connectivity index (χ4v) is 3.28. The molecular weight excluding hydrogens is 216 g/mol. The molecule has 4 N–H and O–H groups in total. The van der Waals surface area contributed by atoms with Gasteiger partial charge in [0.2, 0.25) is 11.9 Å². The molecule has 0 radical (unpaired) electrons. The molecule has 2 aliphatic rings. The zero-order valence-electron chi connectivity index (χ0n) is 10.2. The Morgan fingerprint density at radius 2 is 2.12 bits per heavy atom. The van der Waals surface area contributed by atoms with Crippen molar-refractivity contribution < 1.29 is 0 Å². The van der Waals surface area contributed by atoms with Crippen LogP contribution in [-0.4, -0.2) is 45.8 Å². The van der Waals surface area contributed by atoms with Gasteiger partial charge in [0, 0.05) is 18.6 Å². The van der Waals surface area contributed by atoms with E-state index >= 15 is 0 Å². The van der Waals surface area contributed by atoms with Crippen LogP contribution in [0.1, 0.15) is 25.7 Å². The number of piperidine rings is 1. The van der Waals surface area contributed by atoms with Crippen LogP contribution in [0.5, 0.6) is 0 Å². The van der Waals surface area contributed by atoms with Crippen LogP contribution in [0.15, 0.2) is 0 Å². The monoisotopic (exact) mass is 236 g/mol. The van der Waals surface area contributed by atoms with Gasteiger partial charge in [0.1, 0.15) is 0 Å². The molecule has 17 heavy (non-hydrogen) atoms. The lowest BCUT2D eigenvalue weighted by molar-refractivity contribution is 0.139. The topological polar surface area (TPSA) is 82.9 Å². The average molecular weight is 236 g/mol. The third-order valence-electron chi connectivity index (χ3n) is 4.25. The molecule has 3 rings (SSSR count). The second kappa shape index (κ2) is 4.18. The lowest BCUT2D eigenvalue weighted by Gasteiger charge is -2.36. The lowest BCUT2D eigenvalue weighted by Crippen LogP contribution is -2.41. The maximum absolute atomic E-state index is 5.48. The zero-order valence-corrected chi connectivity index (χ0v) is 10.2. The molecular formula is C11H20N6. The predicted molar refractivity (Wildman–Crippen MR) is 66.6 cm³/mol. The molecule has 0 amide bonds. The van der Waals surface area contributed by atoms with E-state index in [2.05, 4.69) is 32.4 Å². The molecule has 6 heteroatoms. The summed E-state index contributed by atoms with van der Waals surface area (Å²) in [6.07, 6.45) is 5.32. The van der Waals surface area contributed by atoms with Gasteiger partial charge in [-0.15, -0.1) is 5.10 Å². The van der Waals surface area contributed by atoms with Gasteiger partial charge in [0.05, 0.1) is 0 Å². The van der Waals surface area contributed by atoms with E-state index in [0.29, 0.717) is 11.9 Å². The standard InChI is InChI=1S/C11H20N6/c1-17-8-2-3-9(17)5-7(4-8)6-13-11-14-10(12)15-16-11/h7-9H,2-6H2,1H3,(H4,12,13,14,15,16). The molecule has 0 spiro atoms. The number of aromatic amines is 1. The number of hydrogen-bond acceptors (Lipinski definition) is 5. The van der Waals surface area contributed by atoms with E-state index in [4.69, 9.17) is 5.73 Å². The summed E-state index contributed by atoms with van der Waals surface area (Å²) < 4.78 is 0. The SMILES string of the molecule is CN1C2CCC1CC(CNc1n[nH]c(N)n1)C2. The van der Waals surface area contributed by atoms with Crippen molar-refractivity contribution in [3.63, 3.8) is 0 Å². The zero-order chi connectivity index (χ0) is 11.8. The average Bonchev–Trinajstić information content (AvgIpc) is 2.78. The third kappa shape index (κ3) is 2.09. The van der Waals surface area contributed by atoms with Crippen LogP contribution in [-0.2, 0) is 0 Å². The molecule has 6 nitrogen and oxygen atoms in total. The summed E-state index contributed by atoms with van der Waals surface area (Å²) in [6.45, 7) is 0.956. The van der Waals surface area contributed by atoms with Gasteiger partial charge in [-0.2, -0.15) is 4.98 Å². The summed E-state index contributed by atoms with van der Waals surface area (Å²) >= 11 is 0. The van der Waals surface area contributed by atoms with Gasteiger partial charge >= 0.3 is 0 Å². The molecule has 1 aromatic heterocycles. The molecule has 3 heterocycles. The minimum Gasteiger partial charge on any atom is -0.368 e. The van der Waals surface area contributed by atoms with E-state index in [-0.39, 0.29) is 0 Å². The van der Waals surface area contributed by atoms with Gasteiger partial charge in [-0.05, 0) is 38.6 Å². The van der Waals surface area contributed by atoms with Gasteiger partial charge < -0.3 is 16.0 Å². The van der Waals surface area contributed by atoms with Gasteiger partial charge in [-0.3, -0.25) is 0 Å². The highest BCUT2D eigenvalue weighted by Gasteiger charge is 2.38. The lowest BCUT2D eigenvalue weighted by atomic mass is 9.91. The van der Waals surface area contributed by atoms with Crippen molar-refractivity contribution in [3.05, 3.63) is 0 Å². The molecule has 1 aromatic rings. The van der Waals surface area contributed by atoms with Crippen molar-refractivity contribution in [2.75, 3.05) is 24.6 Å². The van der Waals surface area contributed by atoms with Crippen molar-refractivity contribution in [2.45, 2.75) is 37.8 Å². The molecule has 2 unspecified atom stereocenters. The van der Waals surface area contributed by atoms with E-state index in [1.54, 1.807) is 0 Å². The Morgan fingerprint density at radius 3 is 2.71 bits per heavy atom. The minimum absolute atomic E-state index is 0.371. The minimum atomic E-state index is 0.371. The summed E-state index contributed by atoms with van der Waals surface area (Å²) in [5.74, 6) is 1.73. The van der Waals surface area contributed by atoms with Crippen LogP contribution in [0.2, 0.25) is 0 Å². The smallest absolute Gasteiger partial charge is 0.243 e. The molecule has 2 saturated heterocycles. The number of H-pyrrole nitrogens is 1. The second-order valence-corrected chi connectivity index (χ2v) is 5.31. The van der Waals surface area contributed by atoms with Crippen molar-refractivity contribution >= 4 is 11.9 Å². The highest BCUT2D eigenvalue weighted by atomic mass is 15.3. The Morgan fingerprint density at radius 1 is 1.41 bits per heavy atom. The second-order valence-electron chi connectivity index (χ2n) is 5.31. The first kappa shape index (κ1) is 10.8. The third-order valence-corrected chi connectivity index (χ3v) is 4.25. The van der Waals surface area contributed by atoms with Crippen LogP contribution in [0.4, 0.5) is 11.9 Å². The van der Waals surface area contributed by atoms with Crippen LogP contribution < -0.4 is 11.1 Å². The van der Waals surface area contributed by atoms with E-state index in [1.807, 2.05) is 0 Å². The number of anilines is 2. The molecule has 0 aromatic carbocycles. The predicted octanol–water partition coefficient (Wildman–Crippen LogP) is 0.672. The first-order chi connectivity index (χ1) is 8.22. The Bertz CT molecular complexity index is 375. The number of aromatic nitrogens is 3. The maximum Gasteiger partial charge on any atom is 0.243 e. The number of nitrogens with zero attached hydrogens (tertiary/aromatic N) is 3. The Kier molecular flexibility index (Phi) is 2.66. The summed E-state index contributed by atoms with van der Waals surface area (Å²) in [7, 11) is 2.27. The van der Waals surface area contributed by atoms with E-state index in [0.717, 1.165) is 24.5 Å². The van der Waals surface area contributed by atoms with Crippen molar-refractivity contribution in [2.24, 2.45) is 5.92 Å². The molecule has 0 aliphatic carbocycles. The molecule has 2 atom stereocenters. The van der Waals surface area contributed by atoms with Crippen molar-refractivity contribution in [3.8, 4) is 0 Å². The van der Waals surface area contributed by atoms with Gasteiger partial charge in [-0.1, -0.05) is 0 Å². The number of fused-ring (bicyclic) bond motifs is 2. The first-order valence-electron chi connectivity index (χ1n) is 6.36. The molecule has 0 saturated carbocycles. The van der Waals surface area contributed by atoms with Crippen molar-refractivity contribution in [1.82, 2.24) is 20.1 Å². The van der Waals surface area contributed by atoms with Crippen LogP contribution in [0, 0.1) is 5.92 Å². The van der Waals surface area contributed by atoms with E-state index in [1.165, 1.54) is 25.7 Å². The summed E-state index contributed by atoms with van der Waals surface area (Å²) in [4.78, 5) is 6.61. The van der Waals surface area contributed by atoms with Gasteiger partial charge in [-0.25, -0.2) is 5.10 Å². The van der Waals surface area contributed by atoms with Gasteiger partial charge in [0.15, 0.2) is 0 Å². The summed E-state index contributed by atoms with van der Waals surface area (Å²) in [5, 5.41) is 9.89. The van der Waals surface area contributed by atoms with Crippen molar-refractivity contribution in [1.29, 1.82) is 0 Å². The normalized spacial score (nSPS) is 32.9. The largest absolute Gasteiger partial charge is 0.368 e. The number of nitrogens with two attached hydrogens (primary N) is 1. The first-order valence-corrected chi connectivity index (χ1v) is 6.36. The van der Waals surface area contributed by atoms with E-state index < -0.39 is 0 Å². The highest BCUT2D eigenvalue weighted by Crippen LogP contribution is 2.37. The number of hydrogen-bond donors (Lipinski definition) is 3. The molecule has 94 valence electrons. The summed E-state index contributed by atoms with van der Waals surface area (Å²) in [6, 6.07) is 1.58.